The van der Waals surface area contributed by atoms with Crippen molar-refractivity contribution in [3.8, 4) is 5.75 Å². The van der Waals surface area contributed by atoms with Crippen molar-refractivity contribution in [2.45, 2.75) is 25.9 Å². The van der Waals surface area contributed by atoms with Gasteiger partial charge < -0.3 is 4.74 Å². The molecule has 1 unspecified atom stereocenters. The molecule has 0 aliphatic rings. The molecule has 0 bridgehead atoms. The molecule has 3 heteroatoms. The third-order valence-corrected chi connectivity index (χ3v) is 2.04. The predicted octanol–water partition coefficient (Wildman–Crippen LogP) is 3.09. The van der Waals surface area contributed by atoms with E-state index in [0.717, 1.165) is 19.1 Å². The Labute approximate surface area is 88.8 Å². The topological polar surface area (TPSA) is 26.3 Å². The Morgan fingerprint density at radius 3 is 2.93 bits per heavy atom. The summed E-state index contributed by atoms with van der Waals surface area (Å²) in [4.78, 5) is 10.6. The molecule has 1 aromatic carbocycles. The highest BCUT2D eigenvalue weighted by molar-refractivity contribution is 6.30. The first-order chi connectivity index (χ1) is 6.76. The Kier molecular flexibility index (Phi) is 4.47. The van der Waals surface area contributed by atoms with Crippen LogP contribution in [0.25, 0.3) is 0 Å². The standard InChI is InChI=1S/C11H13ClO2/c1-2-4-11(8-13)14-10-6-3-5-9(12)7-10/h3,5-8,11H,2,4H2,1H3. The first-order valence-corrected chi connectivity index (χ1v) is 5.01. The van der Waals surface area contributed by atoms with Crippen molar-refractivity contribution in [1.82, 2.24) is 0 Å². The smallest absolute Gasteiger partial charge is 0.160 e. The second-order valence-electron chi connectivity index (χ2n) is 3.04. The van der Waals surface area contributed by atoms with Gasteiger partial charge in [0.2, 0.25) is 0 Å². The van der Waals surface area contributed by atoms with Gasteiger partial charge in [0.05, 0.1) is 0 Å². The van der Waals surface area contributed by atoms with Crippen LogP contribution in [0, 0.1) is 0 Å². The fraction of sp³-hybridized carbons (Fsp3) is 0.364. The van der Waals surface area contributed by atoms with Gasteiger partial charge in [-0.15, -0.1) is 0 Å². The summed E-state index contributed by atoms with van der Waals surface area (Å²) < 4.78 is 5.43. The molecule has 0 saturated heterocycles. The van der Waals surface area contributed by atoms with E-state index in [1.807, 2.05) is 6.92 Å². The van der Waals surface area contributed by atoms with Crippen molar-refractivity contribution < 1.29 is 9.53 Å². The van der Waals surface area contributed by atoms with Gasteiger partial charge in [-0.2, -0.15) is 0 Å². The van der Waals surface area contributed by atoms with Crippen LogP contribution in [0.1, 0.15) is 19.8 Å². The summed E-state index contributed by atoms with van der Waals surface area (Å²) in [5.74, 6) is 0.642. The number of carbonyl (C=O) groups excluding carboxylic acids is 1. The fourth-order valence-electron chi connectivity index (χ4n) is 1.15. The molecule has 0 N–H and O–H groups in total. The van der Waals surface area contributed by atoms with E-state index in [1.165, 1.54) is 0 Å². The van der Waals surface area contributed by atoms with Crippen LogP contribution >= 0.6 is 11.6 Å². The Bertz CT molecular complexity index is 299. The van der Waals surface area contributed by atoms with E-state index in [2.05, 4.69) is 0 Å². The summed E-state index contributed by atoms with van der Waals surface area (Å²) in [7, 11) is 0. The molecule has 1 atom stereocenters. The lowest BCUT2D eigenvalue weighted by Gasteiger charge is -2.12. The Balaban J connectivity index is 2.62. The van der Waals surface area contributed by atoms with Crippen LogP contribution in [-0.2, 0) is 4.79 Å². The van der Waals surface area contributed by atoms with Crippen LogP contribution in [0.4, 0.5) is 0 Å². The molecule has 0 aromatic heterocycles. The molecular weight excluding hydrogens is 200 g/mol. The average molecular weight is 213 g/mol. The lowest BCUT2D eigenvalue weighted by atomic mass is 10.2. The minimum absolute atomic E-state index is 0.363. The number of halogens is 1. The van der Waals surface area contributed by atoms with Crippen molar-refractivity contribution in [2.75, 3.05) is 0 Å². The Morgan fingerprint density at radius 2 is 2.36 bits per heavy atom. The van der Waals surface area contributed by atoms with Gasteiger partial charge in [-0.05, 0) is 24.6 Å². The molecule has 76 valence electrons. The van der Waals surface area contributed by atoms with Crippen molar-refractivity contribution in [2.24, 2.45) is 0 Å². The van der Waals surface area contributed by atoms with Crippen LogP contribution in [0.2, 0.25) is 5.02 Å². The third kappa shape index (κ3) is 3.38. The van der Waals surface area contributed by atoms with Crippen molar-refractivity contribution >= 4 is 17.9 Å². The van der Waals surface area contributed by atoms with Gasteiger partial charge in [-0.3, -0.25) is 4.79 Å². The molecule has 0 radical (unpaired) electrons. The summed E-state index contributed by atoms with van der Waals surface area (Å²) in [6, 6.07) is 7.06. The second-order valence-corrected chi connectivity index (χ2v) is 3.47. The molecular formula is C11H13ClO2. The lowest BCUT2D eigenvalue weighted by molar-refractivity contribution is -0.113. The SMILES string of the molecule is CCCC(C=O)Oc1cccc(Cl)c1. The lowest BCUT2D eigenvalue weighted by Crippen LogP contribution is -2.17. The molecule has 0 aliphatic heterocycles. The summed E-state index contributed by atoms with van der Waals surface area (Å²) in [5.41, 5.74) is 0. The summed E-state index contributed by atoms with van der Waals surface area (Å²) in [5, 5.41) is 0.614. The summed E-state index contributed by atoms with van der Waals surface area (Å²) >= 11 is 5.78. The van der Waals surface area contributed by atoms with E-state index in [0.29, 0.717) is 10.8 Å². The van der Waals surface area contributed by atoms with E-state index < -0.39 is 0 Å². The maximum absolute atomic E-state index is 10.6. The Hall–Kier alpha value is -1.02. The van der Waals surface area contributed by atoms with E-state index >= 15 is 0 Å². The number of rotatable bonds is 5. The highest BCUT2D eigenvalue weighted by atomic mass is 35.5. The number of hydrogen-bond donors (Lipinski definition) is 0. The van der Waals surface area contributed by atoms with Crippen LogP contribution < -0.4 is 4.74 Å². The van der Waals surface area contributed by atoms with Gasteiger partial charge in [0.25, 0.3) is 0 Å². The van der Waals surface area contributed by atoms with Crippen molar-refractivity contribution in [1.29, 1.82) is 0 Å². The molecule has 2 nitrogen and oxygen atoms in total. The molecule has 14 heavy (non-hydrogen) atoms. The molecule has 0 aliphatic carbocycles. The first-order valence-electron chi connectivity index (χ1n) is 4.63. The highest BCUT2D eigenvalue weighted by Gasteiger charge is 2.07. The van der Waals surface area contributed by atoms with Gasteiger partial charge in [0, 0.05) is 5.02 Å². The third-order valence-electron chi connectivity index (χ3n) is 1.81. The second kappa shape index (κ2) is 5.66. The number of aldehydes is 1. The van der Waals surface area contributed by atoms with Gasteiger partial charge in [0.1, 0.15) is 5.75 Å². The zero-order valence-electron chi connectivity index (χ0n) is 8.07. The molecule has 0 heterocycles. The Morgan fingerprint density at radius 1 is 1.57 bits per heavy atom. The zero-order chi connectivity index (χ0) is 10.4. The van der Waals surface area contributed by atoms with E-state index in [4.69, 9.17) is 16.3 Å². The van der Waals surface area contributed by atoms with Crippen molar-refractivity contribution in [3.63, 3.8) is 0 Å². The quantitative estimate of drug-likeness (QED) is 0.702. The fourth-order valence-corrected chi connectivity index (χ4v) is 1.33. The van der Waals surface area contributed by atoms with Crippen LogP contribution in [0.15, 0.2) is 24.3 Å². The van der Waals surface area contributed by atoms with Crippen LogP contribution in [0.3, 0.4) is 0 Å². The van der Waals surface area contributed by atoms with E-state index in [1.54, 1.807) is 24.3 Å². The number of hydrogen-bond acceptors (Lipinski definition) is 2. The predicted molar refractivity (Wildman–Crippen MR) is 56.8 cm³/mol. The largest absolute Gasteiger partial charge is 0.483 e. The first kappa shape index (κ1) is 11.1. The molecule has 0 amide bonds. The molecule has 0 spiro atoms. The van der Waals surface area contributed by atoms with Crippen molar-refractivity contribution in [3.05, 3.63) is 29.3 Å². The molecule has 1 aromatic rings. The maximum Gasteiger partial charge on any atom is 0.160 e. The van der Waals surface area contributed by atoms with Gasteiger partial charge >= 0.3 is 0 Å². The van der Waals surface area contributed by atoms with Crippen LogP contribution in [0.5, 0.6) is 5.75 Å². The molecule has 0 fully saturated rings. The zero-order valence-corrected chi connectivity index (χ0v) is 8.83. The van der Waals surface area contributed by atoms with E-state index in [9.17, 15) is 4.79 Å². The van der Waals surface area contributed by atoms with Gasteiger partial charge in [-0.1, -0.05) is 31.0 Å². The maximum atomic E-state index is 10.6. The van der Waals surface area contributed by atoms with Gasteiger partial charge in [0.15, 0.2) is 12.4 Å². The molecule has 0 saturated carbocycles. The highest BCUT2D eigenvalue weighted by Crippen LogP contribution is 2.18. The van der Waals surface area contributed by atoms with Gasteiger partial charge in [-0.25, -0.2) is 0 Å². The average Bonchev–Trinajstić information content (AvgIpc) is 2.17. The minimum Gasteiger partial charge on any atom is -0.483 e. The normalized spacial score (nSPS) is 12.1. The molecule has 1 rings (SSSR count). The number of benzene rings is 1. The van der Waals surface area contributed by atoms with Crippen LogP contribution in [-0.4, -0.2) is 12.4 Å². The number of carbonyl (C=O) groups is 1. The van der Waals surface area contributed by atoms with E-state index in [-0.39, 0.29) is 6.10 Å². The summed E-state index contributed by atoms with van der Waals surface area (Å²) in [6.07, 6.45) is 2.11. The summed E-state index contributed by atoms with van der Waals surface area (Å²) in [6.45, 7) is 2.01. The number of ether oxygens (including phenoxy) is 1. The minimum atomic E-state index is -0.363. The monoisotopic (exact) mass is 212 g/mol.